The standard InChI is InChI=1S/C11H11FN4O4/c1-19-5-8(13)10-14-11(20-15-10)7-3-2-6(12)4-9(7)16(17)18/h2-4,8H,5,13H2,1H3. The van der Waals surface area contributed by atoms with Gasteiger partial charge in [0.15, 0.2) is 5.82 Å². The van der Waals surface area contributed by atoms with Crippen LogP contribution in [-0.2, 0) is 4.74 Å². The molecule has 2 N–H and O–H groups in total. The van der Waals surface area contributed by atoms with Crippen LogP contribution in [0.15, 0.2) is 22.7 Å². The number of nitrogens with two attached hydrogens (primary N) is 1. The first-order valence-corrected chi connectivity index (χ1v) is 5.55. The summed E-state index contributed by atoms with van der Waals surface area (Å²) < 4.78 is 22.8. The van der Waals surface area contributed by atoms with Crippen molar-refractivity contribution < 1.29 is 18.6 Å². The van der Waals surface area contributed by atoms with Crippen molar-refractivity contribution in [1.82, 2.24) is 10.1 Å². The monoisotopic (exact) mass is 282 g/mol. The second-order valence-electron chi connectivity index (χ2n) is 3.94. The molecule has 0 aliphatic rings. The normalized spacial score (nSPS) is 12.3. The lowest BCUT2D eigenvalue weighted by atomic mass is 10.2. The molecule has 1 aromatic carbocycles. The van der Waals surface area contributed by atoms with Crippen molar-refractivity contribution in [1.29, 1.82) is 0 Å². The van der Waals surface area contributed by atoms with Crippen LogP contribution >= 0.6 is 0 Å². The summed E-state index contributed by atoms with van der Waals surface area (Å²) in [5.41, 5.74) is 5.28. The molecule has 0 fully saturated rings. The zero-order valence-corrected chi connectivity index (χ0v) is 10.4. The van der Waals surface area contributed by atoms with E-state index in [-0.39, 0.29) is 23.9 Å². The molecule has 2 aromatic rings. The highest BCUT2D eigenvalue weighted by Crippen LogP contribution is 2.29. The predicted octanol–water partition coefficient (Wildman–Crippen LogP) is 1.43. The van der Waals surface area contributed by atoms with Crippen molar-refractivity contribution in [2.75, 3.05) is 13.7 Å². The Hall–Kier alpha value is -2.39. The molecule has 0 aliphatic heterocycles. The summed E-state index contributed by atoms with van der Waals surface area (Å²) in [5.74, 6) is -0.671. The Morgan fingerprint density at radius 3 is 3.00 bits per heavy atom. The summed E-state index contributed by atoms with van der Waals surface area (Å²) in [6.07, 6.45) is 0. The molecule has 106 valence electrons. The summed E-state index contributed by atoms with van der Waals surface area (Å²) in [5, 5.41) is 14.5. The number of halogens is 1. The molecule has 2 rings (SSSR count). The van der Waals surface area contributed by atoms with Gasteiger partial charge in [-0.05, 0) is 12.1 Å². The van der Waals surface area contributed by atoms with Gasteiger partial charge in [-0.25, -0.2) is 4.39 Å². The van der Waals surface area contributed by atoms with E-state index < -0.39 is 22.5 Å². The van der Waals surface area contributed by atoms with Crippen LogP contribution < -0.4 is 5.73 Å². The van der Waals surface area contributed by atoms with Gasteiger partial charge in [0.1, 0.15) is 11.4 Å². The second kappa shape index (κ2) is 5.72. The molecule has 8 nitrogen and oxygen atoms in total. The van der Waals surface area contributed by atoms with E-state index in [1.165, 1.54) is 13.2 Å². The van der Waals surface area contributed by atoms with Crippen molar-refractivity contribution in [3.63, 3.8) is 0 Å². The van der Waals surface area contributed by atoms with Gasteiger partial charge >= 0.3 is 0 Å². The van der Waals surface area contributed by atoms with Gasteiger partial charge in [0, 0.05) is 7.11 Å². The van der Waals surface area contributed by atoms with Crippen LogP contribution in [0.1, 0.15) is 11.9 Å². The van der Waals surface area contributed by atoms with Crippen molar-refractivity contribution >= 4 is 5.69 Å². The van der Waals surface area contributed by atoms with Gasteiger partial charge in [-0.3, -0.25) is 10.1 Å². The fourth-order valence-corrected chi connectivity index (χ4v) is 1.59. The van der Waals surface area contributed by atoms with E-state index >= 15 is 0 Å². The average molecular weight is 282 g/mol. The maximum absolute atomic E-state index is 13.0. The Kier molecular flexibility index (Phi) is 4.01. The minimum absolute atomic E-state index is 0.0276. The number of methoxy groups -OCH3 is 1. The zero-order chi connectivity index (χ0) is 14.7. The zero-order valence-electron chi connectivity index (χ0n) is 10.4. The molecule has 20 heavy (non-hydrogen) atoms. The minimum Gasteiger partial charge on any atom is -0.383 e. The fraction of sp³-hybridized carbons (Fsp3) is 0.273. The first kappa shape index (κ1) is 14.0. The summed E-state index contributed by atoms with van der Waals surface area (Å²) in [6.45, 7) is 0.171. The van der Waals surface area contributed by atoms with Crippen LogP contribution in [0.2, 0.25) is 0 Å². The van der Waals surface area contributed by atoms with Crippen molar-refractivity contribution in [2.45, 2.75) is 6.04 Å². The van der Waals surface area contributed by atoms with E-state index in [0.717, 1.165) is 12.1 Å². The quantitative estimate of drug-likeness (QED) is 0.651. The van der Waals surface area contributed by atoms with E-state index in [0.29, 0.717) is 0 Å². The number of hydrogen-bond donors (Lipinski definition) is 1. The van der Waals surface area contributed by atoms with Crippen molar-refractivity contribution in [2.24, 2.45) is 5.73 Å². The summed E-state index contributed by atoms with van der Waals surface area (Å²) in [6, 6.07) is 2.44. The van der Waals surface area contributed by atoms with Crippen molar-refractivity contribution in [3.05, 3.63) is 40.0 Å². The lowest BCUT2D eigenvalue weighted by Gasteiger charge is -2.03. The molecule has 1 atom stereocenters. The molecule has 0 radical (unpaired) electrons. The molecular weight excluding hydrogens is 271 g/mol. The van der Waals surface area contributed by atoms with Gasteiger partial charge in [0.25, 0.3) is 11.6 Å². The van der Waals surface area contributed by atoms with Gasteiger partial charge in [0.2, 0.25) is 0 Å². The predicted molar refractivity (Wildman–Crippen MR) is 65.2 cm³/mol. The number of ether oxygens (including phenoxy) is 1. The Balaban J connectivity index is 2.40. The molecule has 1 heterocycles. The Bertz CT molecular complexity index is 631. The first-order chi connectivity index (χ1) is 9.52. The number of aromatic nitrogens is 2. The smallest absolute Gasteiger partial charge is 0.285 e. The van der Waals surface area contributed by atoms with Gasteiger partial charge < -0.3 is 15.0 Å². The van der Waals surface area contributed by atoms with E-state index in [9.17, 15) is 14.5 Å². The Morgan fingerprint density at radius 1 is 1.60 bits per heavy atom. The van der Waals surface area contributed by atoms with Crippen LogP contribution in [0.4, 0.5) is 10.1 Å². The summed E-state index contributed by atoms with van der Waals surface area (Å²) >= 11 is 0. The molecule has 0 amide bonds. The van der Waals surface area contributed by atoms with Crippen LogP contribution in [0, 0.1) is 15.9 Å². The van der Waals surface area contributed by atoms with Gasteiger partial charge in [-0.2, -0.15) is 4.98 Å². The largest absolute Gasteiger partial charge is 0.383 e. The molecule has 0 bridgehead atoms. The lowest BCUT2D eigenvalue weighted by Crippen LogP contribution is -2.17. The third-order valence-corrected chi connectivity index (χ3v) is 2.51. The third-order valence-electron chi connectivity index (χ3n) is 2.51. The first-order valence-electron chi connectivity index (χ1n) is 5.55. The number of nitro benzene ring substituents is 1. The van der Waals surface area contributed by atoms with E-state index in [2.05, 4.69) is 10.1 Å². The van der Waals surface area contributed by atoms with Crippen molar-refractivity contribution in [3.8, 4) is 11.5 Å². The maximum atomic E-state index is 13.0. The molecule has 9 heteroatoms. The number of hydrogen-bond acceptors (Lipinski definition) is 7. The highest BCUT2D eigenvalue weighted by molar-refractivity contribution is 5.66. The van der Waals surface area contributed by atoms with Crippen LogP contribution in [0.25, 0.3) is 11.5 Å². The van der Waals surface area contributed by atoms with E-state index in [4.69, 9.17) is 15.0 Å². The van der Waals surface area contributed by atoms with E-state index in [1.54, 1.807) is 0 Å². The number of benzene rings is 1. The second-order valence-corrected chi connectivity index (χ2v) is 3.94. The fourth-order valence-electron chi connectivity index (χ4n) is 1.59. The molecule has 0 spiro atoms. The molecular formula is C11H11FN4O4. The lowest BCUT2D eigenvalue weighted by molar-refractivity contribution is -0.384. The molecule has 1 aromatic heterocycles. The topological polar surface area (TPSA) is 117 Å². The van der Waals surface area contributed by atoms with Gasteiger partial charge in [-0.15, -0.1) is 0 Å². The molecule has 0 saturated carbocycles. The van der Waals surface area contributed by atoms with Crippen LogP contribution in [0.3, 0.4) is 0 Å². The molecule has 0 aliphatic carbocycles. The summed E-state index contributed by atoms with van der Waals surface area (Å²) in [4.78, 5) is 14.1. The van der Waals surface area contributed by atoms with Crippen LogP contribution in [-0.4, -0.2) is 28.8 Å². The van der Waals surface area contributed by atoms with E-state index in [1.807, 2.05) is 0 Å². The average Bonchev–Trinajstić information content (AvgIpc) is 2.88. The number of nitrogens with zero attached hydrogens (tertiary/aromatic N) is 3. The summed E-state index contributed by atoms with van der Waals surface area (Å²) in [7, 11) is 1.46. The number of rotatable bonds is 5. The third kappa shape index (κ3) is 2.78. The maximum Gasteiger partial charge on any atom is 0.285 e. The highest BCUT2D eigenvalue weighted by atomic mass is 19.1. The molecule has 0 saturated heterocycles. The van der Waals surface area contributed by atoms with Gasteiger partial charge in [-0.1, -0.05) is 5.16 Å². The van der Waals surface area contributed by atoms with Crippen LogP contribution in [0.5, 0.6) is 0 Å². The molecule has 1 unspecified atom stereocenters. The Morgan fingerprint density at radius 2 is 2.35 bits per heavy atom. The number of nitro groups is 1. The van der Waals surface area contributed by atoms with Gasteiger partial charge in [0.05, 0.1) is 23.6 Å². The minimum atomic E-state index is -0.726. The Labute approximate surface area is 112 Å². The highest BCUT2D eigenvalue weighted by Gasteiger charge is 2.23. The SMILES string of the molecule is COCC(N)c1noc(-c2ccc(F)cc2[N+](=O)[O-])n1.